The van der Waals surface area contributed by atoms with Gasteiger partial charge in [0, 0.05) is 16.8 Å². The van der Waals surface area contributed by atoms with Gasteiger partial charge in [0.15, 0.2) is 5.82 Å². The van der Waals surface area contributed by atoms with E-state index in [1.54, 1.807) is 30.3 Å². The third kappa shape index (κ3) is 2.71. The molecule has 0 radical (unpaired) electrons. The first-order valence-corrected chi connectivity index (χ1v) is 6.22. The van der Waals surface area contributed by atoms with Gasteiger partial charge in [-0.2, -0.15) is 5.10 Å². The molecule has 0 aliphatic rings. The summed E-state index contributed by atoms with van der Waals surface area (Å²) in [4.78, 5) is 11.9. The first-order chi connectivity index (χ1) is 10.1. The van der Waals surface area contributed by atoms with Crippen LogP contribution in [0.25, 0.3) is 10.9 Å². The van der Waals surface area contributed by atoms with Crippen molar-refractivity contribution in [1.82, 2.24) is 10.2 Å². The Kier molecular flexibility index (Phi) is 3.07. The van der Waals surface area contributed by atoms with Crippen LogP contribution in [0.4, 0.5) is 22.0 Å². The molecule has 0 fully saturated rings. The number of carbonyl (C=O) groups is 1. The molecule has 7 heteroatoms. The Morgan fingerprint density at radius 1 is 1.10 bits per heavy atom. The molecule has 0 atom stereocenters. The third-order valence-corrected chi connectivity index (χ3v) is 2.98. The lowest BCUT2D eigenvalue weighted by Crippen LogP contribution is -2.19. The Labute approximate surface area is 119 Å². The van der Waals surface area contributed by atoms with E-state index in [4.69, 9.17) is 5.73 Å². The number of H-pyrrole nitrogens is 1. The van der Waals surface area contributed by atoms with E-state index in [0.717, 1.165) is 10.9 Å². The SMILES string of the molecule is Nc1n[nH]c2ccc(NC(=O)Nc3ccc(O)cc3)cc12. The summed E-state index contributed by atoms with van der Waals surface area (Å²) in [6.07, 6.45) is 0. The fourth-order valence-corrected chi connectivity index (χ4v) is 1.95. The van der Waals surface area contributed by atoms with Crippen molar-refractivity contribution in [2.75, 3.05) is 16.4 Å². The van der Waals surface area contributed by atoms with E-state index in [1.807, 2.05) is 0 Å². The van der Waals surface area contributed by atoms with Gasteiger partial charge < -0.3 is 21.5 Å². The average Bonchev–Trinajstić information content (AvgIpc) is 2.83. The van der Waals surface area contributed by atoms with Crippen molar-refractivity contribution in [2.45, 2.75) is 0 Å². The number of carbonyl (C=O) groups excluding carboxylic acids is 1. The number of anilines is 3. The summed E-state index contributed by atoms with van der Waals surface area (Å²) in [5.74, 6) is 0.523. The van der Waals surface area contributed by atoms with Crippen molar-refractivity contribution in [3.8, 4) is 5.75 Å². The normalized spacial score (nSPS) is 10.5. The number of phenols is 1. The Morgan fingerprint density at radius 3 is 2.52 bits per heavy atom. The van der Waals surface area contributed by atoms with Crippen LogP contribution in [0, 0.1) is 0 Å². The maximum atomic E-state index is 11.9. The molecule has 0 spiro atoms. The second-order valence-electron chi connectivity index (χ2n) is 4.50. The lowest BCUT2D eigenvalue weighted by atomic mass is 10.2. The summed E-state index contributed by atoms with van der Waals surface area (Å²) in [6, 6.07) is 11.1. The maximum Gasteiger partial charge on any atom is 0.323 e. The Hall–Kier alpha value is -3.22. The van der Waals surface area contributed by atoms with Gasteiger partial charge in [0.25, 0.3) is 0 Å². The van der Waals surface area contributed by atoms with Crippen LogP contribution >= 0.6 is 0 Å². The summed E-state index contributed by atoms with van der Waals surface area (Å²) in [7, 11) is 0. The van der Waals surface area contributed by atoms with Crippen molar-refractivity contribution in [1.29, 1.82) is 0 Å². The lowest BCUT2D eigenvalue weighted by molar-refractivity contribution is 0.262. The zero-order valence-electron chi connectivity index (χ0n) is 10.9. The molecule has 106 valence electrons. The highest BCUT2D eigenvalue weighted by molar-refractivity contribution is 6.01. The van der Waals surface area contributed by atoms with E-state index >= 15 is 0 Å². The largest absolute Gasteiger partial charge is 0.508 e. The second kappa shape index (κ2) is 5.04. The van der Waals surface area contributed by atoms with Crippen LogP contribution < -0.4 is 16.4 Å². The minimum absolute atomic E-state index is 0.141. The highest BCUT2D eigenvalue weighted by Crippen LogP contribution is 2.22. The van der Waals surface area contributed by atoms with Crippen LogP contribution in [0.2, 0.25) is 0 Å². The molecule has 21 heavy (non-hydrogen) atoms. The molecule has 2 amide bonds. The van der Waals surface area contributed by atoms with Gasteiger partial charge in [0.2, 0.25) is 0 Å². The number of nitrogens with zero attached hydrogens (tertiary/aromatic N) is 1. The first kappa shape index (κ1) is 12.8. The molecular formula is C14H13N5O2. The van der Waals surface area contributed by atoms with Crippen LogP contribution in [-0.2, 0) is 0 Å². The van der Waals surface area contributed by atoms with Crippen molar-refractivity contribution in [2.24, 2.45) is 0 Å². The zero-order valence-corrected chi connectivity index (χ0v) is 10.9. The minimum Gasteiger partial charge on any atom is -0.508 e. The number of nitrogen functional groups attached to an aromatic ring is 1. The number of aromatic nitrogens is 2. The minimum atomic E-state index is -0.387. The molecule has 0 unspecified atom stereocenters. The van der Waals surface area contributed by atoms with E-state index in [2.05, 4.69) is 20.8 Å². The summed E-state index contributed by atoms with van der Waals surface area (Å²) in [6.45, 7) is 0. The predicted octanol–water partition coefficient (Wildman–Crippen LogP) is 2.49. The van der Waals surface area contributed by atoms with E-state index < -0.39 is 0 Å². The Bertz CT molecular complexity index is 795. The van der Waals surface area contributed by atoms with Gasteiger partial charge >= 0.3 is 6.03 Å². The number of urea groups is 1. The van der Waals surface area contributed by atoms with Gasteiger partial charge in [-0.1, -0.05) is 0 Å². The average molecular weight is 283 g/mol. The number of fused-ring (bicyclic) bond motifs is 1. The fourth-order valence-electron chi connectivity index (χ4n) is 1.95. The molecule has 2 aromatic carbocycles. The first-order valence-electron chi connectivity index (χ1n) is 6.22. The van der Waals surface area contributed by atoms with E-state index in [1.165, 1.54) is 12.1 Å². The number of aromatic hydroxyl groups is 1. The number of amides is 2. The predicted molar refractivity (Wildman–Crippen MR) is 81.3 cm³/mol. The summed E-state index contributed by atoms with van der Waals surface area (Å²) >= 11 is 0. The third-order valence-electron chi connectivity index (χ3n) is 2.98. The molecular weight excluding hydrogens is 270 g/mol. The number of benzene rings is 2. The molecule has 0 saturated heterocycles. The number of phenolic OH excluding ortho intramolecular Hbond substituents is 1. The molecule has 0 bridgehead atoms. The van der Waals surface area contributed by atoms with Gasteiger partial charge in [-0.25, -0.2) is 4.79 Å². The molecule has 0 saturated carbocycles. The number of rotatable bonds is 2. The van der Waals surface area contributed by atoms with Crippen molar-refractivity contribution in [3.63, 3.8) is 0 Å². The van der Waals surface area contributed by atoms with Crippen LogP contribution in [-0.4, -0.2) is 21.3 Å². The molecule has 3 aromatic rings. The lowest BCUT2D eigenvalue weighted by Gasteiger charge is -2.08. The monoisotopic (exact) mass is 283 g/mol. The molecule has 0 aliphatic heterocycles. The number of nitrogens with one attached hydrogen (secondary N) is 3. The van der Waals surface area contributed by atoms with Gasteiger partial charge in [-0.3, -0.25) is 5.10 Å². The van der Waals surface area contributed by atoms with Gasteiger partial charge in [0.1, 0.15) is 5.75 Å². The number of nitrogens with two attached hydrogens (primary N) is 1. The number of hydrogen-bond donors (Lipinski definition) is 5. The molecule has 1 aromatic heterocycles. The number of aromatic amines is 1. The van der Waals surface area contributed by atoms with E-state index in [9.17, 15) is 9.90 Å². The molecule has 3 rings (SSSR count). The molecule has 0 aliphatic carbocycles. The second-order valence-corrected chi connectivity index (χ2v) is 4.50. The Morgan fingerprint density at radius 2 is 1.76 bits per heavy atom. The quantitative estimate of drug-likeness (QED) is 0.464. The fraction of sp³-hybridized carbons (Fsp3) is 0. The zero-order chi connectivity index (χ0) is 14.8. The highest BCUT2D eigenvalue weighted by Gasteiger charge is 2.06. The highest BCUT2D eigenvalue weighted by atomic mass is 16.3. The van der Waals surface area contributed by atoms with E-state index in [-0.39, 0.29) is 11.8 Å². The molecule has 7 nitrogen and oxygen atoms in total. The van der Waals surface area contributed by atoms with Gasteiger partial charge in [0.05, 0.1) is 5.52 Å². The summed E-state index contributed by atoms with van der Waals surface area (Å²) in [5.41, 5.74) is 7.70. The smallest absolute Gasteiger partial charge is 0.323 e. The van der Waals surface area contributed by atoms with Crippen LogP contribution in [0.3, 0.4) is 0 Å². The van der Waals surface area contributed by atoms with Crippen molar-refractivity contribution in [3.05, 3.63) is 42.5 Å². The number of hydrogen-bond acceptors (Lipinski definition) is 4. The maximum absolute atomic E-state index is 11.9. The van der Waals surface area contributed by atoms with Gasteiger partial charge in [-0.05, 0) is 42.5 Å². The molecule has 6 N–H and O–H groups in total. The van der Waals surface area contributed by atoms with Crippen LogP contribution in [0.1, 0.15) is 0 Å². The van der Waals surface area contributed by atoms with E-state index in [0.29, 0.717) is 17.2 Å². The standard InChI is InChI=1S/C14H13N5O2/c15-13-11-7-9(3-6-12(11)18-19-13)17-14(21)16-8-1-4-10(20)5-2-8/h1-7,20H,(H3,15,18,19)(H2,16,17,21). The van der Waals surface area contributed by atoms with Crippen LogP contribution in [0.15, 0.2) is 42.5 Å². The van der Waals surface area contributed by atoms with Crippen LogP contribution in [0.5, 0.6) is 5.75 Å². The summed E-state index contributed by atoms with van der Waals surface area (Å²) in [5, 5.41) is 22.0. The topological polar surface area (TPSA) is 116 Å². The Balaban J connectivity index is 1.73. The van der Waals surface area contributed by atoms with Crippen molar-refractivity contribution < 1.29 is 9.90 Å². The van der Waals surface area contributed by atoms with Gasteiger partial charge in [-0.15, -0.1) is 0 Å². The summed E-state index contributed by atoms with van der Waals surface area (Å²) < 4.78 is 0. The molecule has 1 heterocycles. The van der Waals surface area contributed by atoms with Crippen molar-refractivity contribution >= 4 is 34.1 Å².